The van der Waals surface area contributed by atoms with Crippen LogP contribution in [0, 0.1) is 0 Å². The number of hydrogen-bond acceptors (Lipinski definition) is 2. The predicted octanol–water partition coefficient (Wildman–Crippen LogP) is 4.49. The predicted molar refractivity (Wildman–Crippen MR) is 79.7 cm³/mol. The number of amides is 1. The van der Waals surface area contributed by atoms with E-state index in [1.54, 1.807) is 24.3 Å². The number of hydrogen-bond donors (Lipinski definition) is 1. The number of anilines is 1. The molecule has 116 valence electrons. The van der Waals surface area contributed by atoms with Crippen LogP contribution in [0.2, 0.25) is 0 Å². The van der Waals surface area contributed by atoms with Crippen molar-refractivity contribution in [1.29, 1.82) is 0 Å². The summed E-state index contributed by atoms with van der Waals surface area (Å²) in [6.07, 6.45) is -4.45. The fraction of sp³-hybridized carbons (Fsp3) is 0.133. The summed E-state index contributed by atoms with van der Waals surface area (Å²) in [6.45, 7) is -0.378. The minimum atomic E-state index is -4.45. The first-order chi connectivity index (χ1) is 10.3. The normalized spacial score (nSPS) is 11.1. The molecule has 2 aromatic rings. The second-order valence-corrected chi connectivity index (χ2v) is 5.29. The molecule has 1 N–H and O–H groups in total. The number of nitrogens with one attached hydrogen (secondary N) is 1. The first-order valence-electron chi connectivity index (χ1n) is 6.20. The molecule has 0 unspecified atom stereocenters. The van der Waals surface area contributed by atoms with E-state index in [4.69, 9.17) is 4.74 Å². The Hall–Kier alpha value is -2.02. The van der Waals surface area contributed by atoms with E-state index in [1.807, 2.05) is 0 Å². The van der Waals surface area contributed by atoms with Crippen molar-refractivity contribution < 1.29 is 22.7 Å². The van der Waals surface area contributed by atoms with Crippen LogP contribution >= 0.6 is 15.9 Å². The molecule has 0 saturated heterocycles. The maximum absolute atomic E-state index is 12.5. The smallest absolute Gasteiger partial charge is 0.416 e. The maximum atomic E-state index is 12.5. The summed E-state index contributed by atoms with van der Waals surface area (Å²) in [4.78, 5) is 11.7. The molecule has 0 fully saturated rings. The van der Waals surface area contributed by atoms with E-state index in [0.717, 1.165) is 16.6 Å². The van der Waals surface area contributed by atoms with Crippen molar-refractivity contribution in [3.63, 3.8) is 0 Å². The van der Waals surface area contributed by atoms with Crippen LogP contribution in [-0.4, -0.2) is 12.5 Å². The highest BCUT2D eigenvalue weighted by Crippen LogP contribution is 2.31. The Morgan fingerprint density at radius 2 is 1.82 bits per heavy atom. The average Bonchev–Trinajstić information content (AvgIpc) is 2.47. The zero-order valence-electron chi connectivity index (χ0n) is 11.2. The van der Waals surface area contributed by atoms with Gasteiger partial charge in [0.1, 0.15) is 5.75 Å². The highest BCUT2D eigenvalue weighted by atomic mass is 79.9. The third-order valence-electron chi connectivity index (χ3n) is 2.66. The van der Waals surface area contributed by atoms with Crippen molar-refractivity contribution in [2.45, 2.75) is 6.18 Å². The minimum absolute atomic E-state index is 0.0132. The lowest BCUT2D eigenvalue weighted by atomic mass is 10.2. The molecule has 0 aliphatic rings. The van der Waals surface area contributed by atoms with E-state index in [1.165, 1.54) is 12.1 Å². The molecule has 0 radical (unpaired) electrons. The number of carbonyl (C=O) groups is 1. The summed E-state index contributed by atoms with van der Waals surface area (Å²) in [6, 6.07) is 11.3. The number of ether oxygens (including phenoxy) is 1. The van der Waals surface area contributed by atoms with Gasteiger partial charge in [-0.2, -0.15) is 13.2 Å². The van der Waals surface area contributed by atoms with Crippen LogP contribution in [0.3, 0.4) is 0 Å². The monoisotopic (exact) mass is 373 g/mol. The standard InChI is InChI=1S/C15H11BrF3NO2/c16-11-4-6-12(7-5-11)20-14(21)9-22-13-3-1-2-10(8-13)15(17,18)19/h1-8H,9H2,(H,20,21). The van der Waals surface area contributed by atoms with Crippen LogP contribution < -0.4 is 10.1 Å². The molecule has 0 bridgehead atoms. The van der Waals surface area contributed by atoms with Gasteiger partial charge in [-0.05, 0) is 42.5 Å². The van der Waals surface area contributed by atoms with Gasteiger partial charge in [0.2, 0.25) is 0 Å². The molecular formula is C15H11BrF3NO2. The van der Waals surface area contributed by atoms with E-state index < -0.39 is 17.6 Å². The summed E-state index contributed by atoms with van der Waals surface area (Å²) >= 11 is 3.27. The topological polar surface area (TPSA) is 38.3 Å². The van der Waals surface area contributed by atoms with Crippen molar-refractivity contribution in [3.05, 3.63) is 58.6 Å². The Morgan fingerprint density at radius 3 is 2.45 bits per heavy atom. The molecule has 1 amide bonds. The number of benzene rings is 2. The summed E-state index contributed by atoms with van der Waals surface area (Å²) in [5.74, 6) is -0.472. The van der Waals surface area contributed by atoms with Gasteiger partial charge >= 0.3 is 6.18 Å². The van der Waals surface area contributed by atoms with Gasteiger partial charge in [-0.3, -0.25) is 4.79 Å². The lowest BCUT2D eigenvalue weighted by Crippen LogP contribution is -2.20. The molecule has 0 aliphatic carbocycles. The molecule has 0 heterocycles. The van der Waals surface area contributed by atoms with Gasteiger partial charge in [0.05, 0.1) is 5.56 Å². The van der Waals surface area contributed by atoms with Gasteiger partial charge in [-0.25, -0.2) is 0 Å². The Morgan fingerprint density at radius 1 is 1.14 bits per heavy atom. The summed E-state index contributed by atoms with van der Waals surface area (Å²) in [5.41, 5.74) is -0.251. The molecule has 7 heteroatoms. The number of carbonyl (C=O) groups excluding carboxylic acids is 1. The van der Waals surface area contributed by atoms with Crippen LogP contribution in [0.15, 0.2) is 53.0 Å². The number of rotatable bonds is 4. The zero-order chi connectivity index (χ0) is 16.2. The fourth-order valence-electron chi connectivity index (χ4n) is 1.64. The molecular weight excluding hydrogens is 363 g/mol. The Bertz CT molecular complexity index is 657. The van der Waals surface area contributed by atoms with E-state index in [0.29, 0.717) is 5.69 Å². The lowest BCUT2D eigenvalue weighted by molar-refractivity contribution is -0.137. The van der Waals surface area contributed by atoms with E-state index in [-0.39, 0.29) is 12.4 Å². The first-order valence-corrected chi connectivity index (χ1v) is 6.99. The summed E-state index contributed by atoms with van der Waals surface area (Å²) in [7, 11) is 0. The van der Waals surface area contributed by atoms with Gasteiger partial charge in [-0.15, -0.1) is 0 Å². The summed E-state index contributed by atoms with van der Waals surface area (Å²) in [5, 5.41) is 2.58. The molecule has 2 rings (SSSR count). The second-order valence-electron chi connectivity index (χ2n) is 4.37. The largest absolute Gasteiger partial charge is 0.484 e. The van der Waals surface area contributed by atoms with Crippen molar-refractivity contribution in [2.24, 2.45) is 0 Å². The molecule has 0 aromatic heterocycles. The SMILES string of the molecule is O=C(COc1cccc(C(F)(F)F)c1)Nc1ccc(Br)cc1. The van der Waals surface area contributed by atoms with Gasteiger partial charge in [0.25, 0.3) is 5.91 Å². The van der Waals surface area contributed by atoms with E-state index in [9.17, 15) is 18.0 Å². The van der Waals surface area contributed by atoms with Crippen molar-refractivity contribution in [2.75, 3.05) is 11.9 Å². The average molecular weight is 374 g/mol. The highest BCUT2D eigenvalue weighted by Gasteiger charge is 2.30. The summed E-state index contributed by atoms with van der Waals surface area (Å²) < 4.78 is 43.6. The highest BCUT2D eigenvalue weighted by molar-refractivity contribution is 9.10. The van der Waals surface area contributed by atoms with Gasteiger partial charge in [-0.1, -0.05) is 22.0 Å². The number of alkyl halides is 3. The van der Waals surface area contributed by atoms with Crippen molar-refractivity contribution in [1.82, 2.24) is 0 Å². The van der Waals surface area contributed by atoms with Gasteiger partial charge < -0.3 is 10.1 Å². The van der Waals surface area contributed by atoms with Crippen molar-refractivity contribution >= 4 is 27.5 Å². The van der Waals surface area contributed by atoms with Crippen LogP contribution in [-0.2, 0) is 11.0 Å². The van der Waals surface area contributed by atoms with E-state index in [2.05, 4.69) is 21.2 Å². The van der Waals surface area contributed by atoms with Gasteiger partial charge in [0.15, 0.2) is 6.61 Å². The zero-order valence-corrected chi connectivity index (χ0v) is 12.7. The Labute approximate surface area is 133 Å². The maximum Gasteiger partial charge on any atom is 0.416 e. The molecule has 22 heavy (non-hydrogen) atoms. The molecule has 0 aliphatic heterocycles. The van der Waals surface area contributed by atoms with Crippen LogP contribution in [0.4, 0.5) is 18.9 Å². The third-order valence-corrected chi connectivity index (χ3v) is 3.19. The quantitative estimate of drug-likeness (QED) is 0.857. The van der Waals surface area contributed by atoms with Crippen LogP contribution in [0.5, 0.6) is 5.75 Å². The third kappa shape index (κ3) is 4.77. The Kier molecular flexibility index (Phi) is 5.07. The molecule has 0 atom stereocenters. The first kappa shape index (κ1) is 16.4. The molecule has 2 aromatic carbocycles. The molecule has 0 saturated carbocycles. The molecule has 0 spiro atoms. The van der Waals surface area contributed by atoms with Crippen LogP contribution in [0.25, 0.3) is 0 Å². The fourth-order valence-corrected chi connectivity index (χ4v) is 1.91. The lowest BCUT2D eigenvalue weighted by Gasteiger charge is -2.10. The molecule has 3 nitrogen and oxygen atoms in total. The minimum Gasteiger partial charge on any atom is -0.484 e. The van der Waals surface area contributed by atoms with Gasteiger partial charge in [0, 0.05) is 10.2 Å². The number of halogens is 4. The van der Waals surface area contributed by atoms with E-state index >= 15 is 0 Å². The van der Waals surface area contributed by atoms with Crippen LogP contribution in [0.1, 0.15) is 5.56 Å². The van der Waals surface area contributed by atoms with Crippen molar-refractivity contribution in [3.8, 4) is 5.75 Å². The Balaban J connectivity index is 1.92. The second kappa shape index (κ2) is 6.83.